The van der Waals surface area contributed by atoms with Crippen LogP contribution >= 0.6 is 0 Å². The highest BCUT2D eigenvalue weighted by Crippen LogP contribution is 2.05. The second kappa shape index (κ2) is 7.17. The van der Waals surface area contributed by atoms with E-state index in [0.29, 0.717) is 6.54 Å². The lowest BCUT2D eigenvalue weighted by atomic mass is 10.4. The molecule has 15 heavy (non-hydrogen) atoms. The van der Waals surface area contributed by atoms with Crippen molar-refractivity contribution in [3.8, 4) is 0 Å². The van der Waals surface area contributed by atoms with E-state index in [4.69, 9.17) is 10.3 Å². The van der Waals surface area contributed by atoms with Crippen LogP contribution in [0.1, 0.15) is 6.92 Å². The molecule has 0 aromatic heterocycles. The maximum atomic E-state index is 10.4. The third-order valence-corrected chi connectivity index (χ3v) is 2.28. The molecule has 0 aliphatic rings. The summed E-state index contributed by atoms with van der Waals surface area (Å²) >= 11 is 0. The van der Waals surface area contributed by atoms with Gasteiger partial charge in [0.2, 0.25) is 0 Å². The van der Waals surface area contributed by atoms with Crippen molar-refractivity contribution in [3.05, 3.63) is 42.5 Å². The summed E-state index contributed by atoms with van der Waals surface area (Å²) in [6.07, 6.45) is 3.83. The van der Waals surface area contributed by atoms with Crippen molar-refractivity contribution in [2.24, 2.45) is 5.73 Å². The molecular formula is C10H15NO3S. The van der Waals surface area contributed by atoms with E-state index >= 15 is 0 Å². The lowest BCUT2D eigenvalue weighted by Gasteiger charge is -1.92. The van der Waals surface area contributed by atoms with Crippen molar-refractivity contribution in [1.29, 1.82) is 0 Å². The molecule has 4 nitrogen and oxygen atoms in total. The van der Waals surface area contributed by atoms with E-state index in [1.54, 1.807) is 18.2 Å². The van der Waals surface area contributed by atoms with Crippen LogP contribution in [0.5, 0.6) is 0 Å². The van der Waals surface area contributed by atoms with Crippen molar-refractivity contribution in [1.82, 2.24) is 0 Å². The van der Waals surface area contributed by atoms with Gasteiger partial charge in [-0.2, -0.15) is 8.42 Å². The number of hydrogen-bond acceptors (Lipinski definition) is 3. The second-order valence-corrected chi connectivity index (χ2v) is 4.01. The van der Waals surface area contributed by atoms with Crippen LogP contribution in [0, 0.1) is 0 Å². The van der Waals surface area contributed by atoms with Gasteiger partial charge in [-0.3, -0.25) is 4.55 Å². The topological polar surface area (TPSA) is 80.4 Å². The van der Waals surface area contributed by atoms with E-state index in [-0.39, 0.29) is 4.90 Å². The first-order chi connectivity index (χ1) is 7.02. The summed E-state index contributed by atoms with van der Waals surface area (Å²) in [5.74, 6) is 0. The maximum absolute atomic E-state index is 10.4. The minimum absolute atomic E-state index is 0.0741. The monoisotopic (exact) mass is 229 g/mol. The van der Waals surface area contributed by atoms with Gasteiger partial charge in [-0.05, 0) is 19.1 Å². The zero-order valence-electron chi connectivity index (χ0n) is 8.50. The molecular weight excluding hydrogens is 214 g/mol. The molecule has 0 heterocycles. The Morgan fingerprint density at radius 2 is 1.87 bits per heavy atom. The van der Waals surface area contributed by atoms with Crippen molar-refractivity contribution in [2.75, 3.05) is 6.54 Å². The van der Waals surface area contributed by atoms with Crippen LogP contribution in [0.25, 0.3) is 0 Å². The first kappa shape index (κ1) is 13.8. The van der Waals surface area contributed by atoms with Gasteiger partial charge in [-0.1, -0.05) is 30.4 Å². The Kier molecular flexibility index (Phi) is 6.61. The third-order valence-electron chi connectivity index (χ3n) is 1.41. The van der Waals surface area contributed by atoms with Crippen LogP contribution in [-0.2, 0) is 10.1 Å². The fourth-order valence-corrected chi connectivity index (χ4v) is 1.23. The lowest BCUT2D eigenvalue weighted by Crippen LogP contribution is -1.96. The normalized spacial score (nSPS) is 10.9. The molecule has 1 aromatic rings. The van der Waals surface area contributed by atoms with Gasteiger partial charge in [0.05, 0.1) is 4.90 Å². The lowest BCUT2D eigenvalue weighted by molar-refractivity contribution is 0.483. The molecule has 1 rings (SSSR count). The Hall–Kier alpha value is -1.17. The van der Waals surface area contributed by atoms with Crippen LogP contribution in [0.3, 0.4) is 0 Å². The summed E-state index contributed by atoms with van der Waals surface area (Å²) in [6, 6.07) is 7.42. The zero-order valence-corrected chi connectivity index (χ0v) is 9.31. The standard InChI is InChI=1S/C6H6O3S.C4H9N/c7-10(8,9)6-4-2-1-3-5-6;1-2-3-4-5/h1-5H,(H,7,8,9);2-3H,4-5H2,1H3. The highest BCUT2D eigenvalue weighted by atomic mass is 32.2. The average Bonchev–Trinajstić information content (AvgIpc) is 2.20. The predicted molar refractivity (Wildman–Crippen MR) is 60.1 cm³/mol. The van der Waals surface area contributed by atoms with Gasteiger partial charge in [0.15, 0.2) is 0 Å². The fourth-order valence-electron chi connectivity index (χ4n) is 0.729. The molecule has 0 spiro atoms. The van der Waals surface area contributed by atoms with Gasteiger partial charge in [-0.15, -0.1) is 0 Å². The Bertz CT molecular complexity index is 384. The van der Waals surface area contributed by atoms with Gasteiger partial charge in [0.1, 0.15) is 0 Å². The van der Waals surface area contributed by atoms with E-state index in [1.165, 1.54) is 12.1 Å². The van der Waals surface area contributed by atoms with E-state index in [9.17, 15) is 8.42 Å². The molecule has 3 N–H and O–H groups in total. The van der Waals surface area contributed by atoms with Crippen molar-refractivity contribution in [2.45, 2.75) is 11.8 Å². The quantitative estimate of drug-likeness (QED) is 0.594. The molecule has 0 aliphatic heterocycles. The van der Waals surface area contributed by atoms with Crippen molar-refractivity contribution >= 4 is 10.1 Å². The Labute approximate surface area is 90.2 Å². The van der Waals surface area contributed by atoms with Crippen LogP contribution in [0.4, 0.5) is 0 Å². The number of allylic oxidation sites excluding steroid dienone is 1. The third kappa shape index (κ3) is 6.84. The summed E-state index contributed by atoms with van der Waals surface area (Å²) < 4.78 is 29.2. The van der Waals surface area contributed by atoms with Crippen LogP contribution in [0.15, 0.2) is 47.4 Å². The van der Waals surface area contributed by atoms with E-state index < -0.39 is 10.1 Å². The Morgan fingerprint density at radius 1 is 1.33 bits per heavy atom. The van der Waals surface area contributed by atoms with Crippen LogP contribution in [0.2, 0.25) is 0 Å². The summed E-state index contributed by atoms with van der Waals surface area (Å²) in [5, 5.41) is 0. The SMILES string of the molecule is CC=CCN.O=S(=O)(O)c1ccccc1. The molecule has 0 bridgehead atoms. The zero-order chi connectivity index (χ0) is 11.7. The molecule has 0 amide bonds. The average molecular weight is 229 g/mol. The van der Waals surface area contributed by atoms with Gasteiger partial charge in [-0.25, -0.2) is 0 Å². The highest BCUT2D eigenvalue weighted by Gasteiger charge is 2.05. The summed E-state index contributed by atoms with van der Waals surface area (Å²) in [5.41, 5.74) is 5.05. The van der Waals surface area contributed by atoms with Crippen LogP contribution in [-0.4, -0.2) is 19.5 Å². The molecule has 0 atom stereocenters. The first-order valence-corrected chi connectivity index (χ1v) is 5.80. The smallest absolute Gasteiger partial charge is 0.294 e. The number of rotatable bonds is 2. The van der Waals surface area contributed by atoms with E-state index in [0.717, 1.165) is 0 Å². The van der Waals surface area contributed by atoms with Gasteiger partial charge < -0.3 is 5.73 Å². The fraction of sp³-hybridized carbons (Fsp3) is 0.200. The number of nitrogens with two attached hydrogens (primary N) is 1. The van der Waals surface area contributed by atoms with Gasteiger partial charge in [0, 0.05) is 6.54 Å². The minimum atomic E-state index is -4.00. The number of hydrogen-bond donors (Lipinski definition) is 2. The molecule has 1 aromatic carbocycles. The first-order valence-electron chi connectivity index (χ1n) is 4.36. The summed E-state index contributed by atoms with van der Waals surface area (Å²) in [7, 11) is -4.00. The summed E-state index contributed by atoms with van der Waals surface area (Å²) in [6.45, 7) is 2.61. The maximum Gasteiger partial charge on any atom is 0.294 e. The molecule has 5 heteroatoms. The Morgan fingerprint density at radius 3 is 2.07 bits per heavy atom. The minimum Gasteiger partial charge on any atom is -0.327 e. The predicted octanol–water partition coefficient (Wildman–Crippen LogP) is 1.45. The highest BCUT2D eigenvalue weighted by molar-refractivity contribution is 7.85. The Balaban J connectivity index is 0.000000336. The van der Waals surface area contributed by atoms with E-state index in [1.807, 2.05) is 19.1 Å². The van der Waals surface area contributed by atoms with Gasteiger partial charge in [0.25, 0.3) is 10.1 Å². The largest absolute Gasteiger partial charge is 0.327 e. The molecule has 0 fully saturated rings. The summed E-state index contributed by atoms with van der Waals surface area (Å²) in [4.78, 5) is -0.0741. The van der Waals surface area contributed by atoms with Crippen molar-refractivity contribution < 1.29 is 13.0 Å². The van der Waals surface area contributed by atoms with E-state index in [2.05, 4.69) is 0 Å². The molecule has 0 saturated heterocycles. The van der Waals surface area contributed by atoms with Gasteiger partial charge >= 0.3 is 0 Å². The van der Waals surface area contributed by atoms with Crippen LogP contribution < -0.4 is 5.73 Å². The second-order valence-electron chi connectivity index (χ2n) is 2.59. The molecule has 84 valence electrons. The molecule has 0 unspecified atom stereocenters. The molecule has 0 radical (unpaired) electrons. The molecule has 0 aliphatic carbocycles. The number of benzene rings is 1. The molecule has 0 saturated carbocycles. The van der Waals surface area contributed by atoms with Crippen molar-refractivity contribution in [3.63, 3.8) is 0 Å².